The van der Waals surface area contributed by atoms with Crippen molar-refractivity contribution < 1.29 is 28.6 Å². The molecule has 0 spiro atoms. The topological polar surface area (TPSA) is 78.9 Å². The number of ether oxygens (including phenoxy) is 3. The second kappa shape index (κ2) is 7.73. The Morgan fingerprint density at radius 2 is 1.75 bits per heavy atom. The van der Waals surface area contributed by atoms with E-state index in [0.29, 0.717) is 0 Å². The van der Waals surface area contributed by atoms with Crippen molar-refractivity contribution in [2.75, 3.05) is 13.7 Å². The van der Waals surface area contributed by atoms with Crippen LogP contribution in [0.2, 0.25) is 0 Å². The summed E-state index contributed by atoms with van der Waals surface area (Å²) in [6.07, 6.45) is 1.84. The van der Waals surface area contributed by atoms with E-state index < -0.39 is 17.9 Å². The Kier molecular flexibility index (Phi) is 5.96. The summed E-state index contributed by atoms with van der Waals surface area (Å²) in [4.78, 5) is 34.0. The first-order valence-electron chi connectivity index (χ1n) is 5.82. The minimum atomic E-state index is -0.799. The van der Waals surface area contributed by atoms with Crippen LogP contribution in [-0.2, 0) is 19.1 Å². The van der Waals surface area contributed by atoms with Crippen LogP contribution in [-0.4, -0.2) is 31.6 Å². The minimum Gasteiger partial charge on any atom is -0.466 e. The molecule has 0 heterocycles. The number of hydrogen-bond donors (Lipinski definition) is 0. The SMILES string of the molecule is CCOC(=O)c1ccccc1OC(=O)/C=C/C(=O)OC. The quantitative estimate of drug-likeness (QED) is 0.461. The van der Waals surface area contributed by atoms with Gasteiger partial charge in [-0.15, -0.1) is 0 Å². The number of para-hydroxylation sites is 1. The molecule has 0 aliphatic carbocycles. The van der Waals surface area contributed by atoms with Gasteiger partial charge in [0.2, 0.25) is 0 Å². The van der Waals surface area contributed by atoms with Crippen molar-refractivity contribution in [3.63, 3.8) is 0 Å². The third-order valence-electron chi connectivity index (χ3n) is 2.15. The summed E-state index contributed by atoms with van der Waals surface area (Å²) < 4.78 is 14.2. The monoisotopic (exact) mass is 278 g/mol. The molecule has 0 radical (unpaired) electrons. The Labute approximate surface area is 115 Å². The fourth-order valence-electron chi connectivity index (χ4n) is 1.28. The van der Waals surface area contributed by atoms with E-state index in [1.54, 1.807) is 19.1 Å². The zero-order valence-electron chi connectivity index (χ0n) is 11.1. The van der Waals surface area contributed by atoms with E-state index in [1.807, 2.05) is 0 Å². The number of carbonyl (C=O) groups excluding carboxylic acids is 3. The molecule has 0 saturated heterocycles. The average Bonchev–Trinajstić information content (AvgIpc) is 2.45. The molecule has 0 saturated carbocycles. The molecular formula is C14H14O6. The van der Waals surface area contributed by atoms with Crippen molar-refractivity contribution in [1.29, 1.82) is 0 Å². The molecule has 6 heteroatoms. The number of benzene rings is 1. The van der Waals surface area contributed by atoms with Crippen LogP contribution in [0, 0.1) is 0 Å². The molecule has 0 aliphatic heterocycles. The number of methoxy groups -OCH3 is 1. The number of carbonyl (C=O) groups is 3. The van der Waals surface area contributed by atoms with E-state index in [9.17, 15) is 14.4 Å². The Balaban J connectivity index is 2.82. The fourth-order valence-corrected chi connectivity index (χ4v) is 1.28. The van der Waals surface area contributed by atoms with Crippen LogP contribution in [0.15, 0.2) is 36.4 Å². The maximum absolute atomic E-state index is 11.7. The molecule has 20 heavy (non-hydrogen) atoms. The highest BCUT2D eigenvalue weighted by Crippen LogP contribution is 2.19. The molecule has 6 nitrogen and oxygen atoms in total. The number of hydrogen-bond acceptors (Lipinski definition) is 6. The van der Waals surface area contributed by atoms with Crippen molar-refractivity contribution in [3.05, 3.63) is 42.0 Å². The van der Waals surface area contributed by atoms with E-state index in [2.05, 4.69) is 4.74 Å². The third-order valence-corrected chi connectivity index (χ3v) is 2.15. The molecule has 0 bridgehead atoms. The van der Waals surface area contributed by atoms with Crippen LogP contribution in [0.25, 0.3) is 0 Å². The van der Waals surface area contributed by atoms with Gasteiger partial charge >= 0.3 is 17.9 Å². The molecule has 0 aromatic heterocycles. The van der Waals surface area contributed by atoms with Gasteiger partial charge in [-0.2, -0.15) is 0 Å². The van der Waals surface area contributed by atoms with Crippen molar-refractivity contribution in [2.24, 2.45) is 0 Å². The Hall–Kier alpha value is -2.63. The molecule has 0 fully saturated rings. The van der Waals surface area contributed by atoms with E-state index in [4.69, 9.17) is 9.47 Å². The van der Waals surface area contributed by atoms with Gasteiger partial charge in [0.15, 0.2) is 0 Å². The van der Waals surface area contributed by atoms with Gasteiger partial charge in [-0.25, -0.2) is 14.4 Å². The van der Waals surface area contributed by atoms with Crippen molar-refractivity contribution >= 4 is 17.9 Å². The zero-order chi connectivity index (χ0) is 15.0. The molecule has 1 aromatic carbocycles. The van der Waals surface area contributed by atoms with Gasteiger partial charge in [0.1, 0.15) is 11.3 Å². The van der Waals surface area contributed by atoms with E-state index in [1.165, 1.54) is 19.2 Å². The highest BCUT2D eigenvalue weighted by Gasteiger charge is 2.14. The molecule has 0 unspecified atom stereocenters. The molecule has 0 aliphatic rings. The highest BCUT2D eigenvalue weighted by atomic mass is 16.5. The summed E-state index contributed by atoms with van der Waals surface area (Å²) in [5.74, 6) is -2.01. The largest absolute Gasteiger partial charge is 0.466 e. The predicted molar refractivity (Wildman–Crippen MR) is 69.2 cm³/mol. The van der Waals surface area contributed by atoms with Gasteiger partial charge in [-0.05, 0) is 19.1 Å². The third kappa shape index (κ3) is 4.56. The number of rotatable bonds is 5. The summed E-state index contributed by atoms with van der Waals surface area (Å²) in [6, 6.07) is 6.16. The van der Waals surface area contributed by atoms with Gasteiger partial charge in [-0.1, -0.05) is 12.1 Å². The summed E-state index contributed by atoms with van der Waals surface area (Å²) in [5.41, 5.74) is 0.133. The Bertz CT molecular complexity index is 532. The summed E-state index contributed by atoms with van der Waals surface area (Å²) in [7, 11) is 1.19. The Morgan fingerprint density at radius 3 is 2.40 bits per heavy atom. The van der Waals surface area contributed by atoms with Crippen LogP contribution in [0.1, 0.15) is 17.3 Å². The maximum Gasteiger partial charge on any atom is 0.341 e. The molecule has 1 aromatic rings. The lowest BCUT2D eigenvalue weighted by Gasteiger charge is -2.07. The van der Waals surface area contributed by atoms with Gasteiger partial charge in [0.25, 0.3) is 0 Å². The molecular weight excluding hydrogens is 264 g/mol. The normalized spacial score (nSPS) is 10.1. The summed E-state index contributed by atoms with van der Waals surface area (Å²) >= 11 is 0. The van der Waals surface area contributed by atoms with Gasteiger partial charge < -0.3 is 14.2 Å². The molecule has 106 valence electrons. The number of esters is 3. The summed E-state index contributed by atoms with van der Waals surface area (Å²) in [5, 5.41) is 0. The van der Waals surface area contributed by atoms with Crippen LogP contribution >= 0.6 is 0 Å². The van der Waals surface area contributed by atoms with Crippen LogP contribution < -0.4 is 4.74 Å². The van der Waals surface area contributed by atoms with E-state index in [0.717, 1.165) is 12.2 Å². The first kappa shape index (κ1) is 15.4. The smallest absolute Gasteiger partial charge is 0.341 e. The lowest BCUT2D eigenvalue weighted by atomic mass is 10.2. The first-order chi connectivity index (χ1) is 9.58. The second-order valence-corrected chi connectivity index (χ2v) is 3.49. The van der Waals surface area contributed by atoms with Crippen LogP contribution in [0.3, 0.4) is 0 Å². The Morgan fingerprint density at radius 1 is 1.10 bits per heavy atom. The van der Waals surface area contributed by atoms with Gasteiger partial charge in [-0.3, -0.25) is 0 Å². The van der Waals surface area contributed by atoms with Crippen LogP contribution in [0.5, 0.6) is 5.75 Å². The van der Waals surface area contributed by atoms with Gasteiger partial charge in [0.05, 0.1) is 13.7 Å². The molecule has 0 N–H and O–H groups in total. The average molecular weight is 278 g/mol. The van der Waals surface area contributed by atoms with Crippen molar-refractivity contribution in [1.82, 2.24) is 0 Å². The first-order valence-corrected chi connectivity index (χ1v) is 5.82. The minimum absolute atomic E-state index is 0.0606. The highest BCUT2D eigenvalue weighted by molar-refractivity contribution is 5.96. The maximum atomic E-state index is 11.7. The lowest BCUT2D eigenvalue weighted by Crippen LogP contribution is -2.11. The standard InChI is InChI=1S/C14H14O6/c1-3-19-14(17)10-6-4-5-7-11(10)20-13(16)9-8-12(15)18-2/h4-9H,3H2,1-2H3/b9-8+. The predicted octanol–water partition coefficient (Wildman–Crippen LogP) is 1.50. The summed E-state index contributed by atoms with van der Waals surface area (Å²) in [6.45, 7) is 1.88. The van der Waals surface area contributed by atoms with Gasteiger partial charge in [0, 0.05) is 12.2 Å². The molecule has 0 atom stereocenters. The molecule has 1 rings (SSSR count). The van der Waals surface area contributed by atoms with E-state index in [-0.39, 0.29) is 17.9 Å². The lowest BCUT2D eigenvalue weighted by molar-refractivity contribution is -0.135. The molecule has 0 amide bonds. The zero-order valence-corrected chi connectivity index (χ0v) is 11.1. The van der Waals surface area contributed by atoms with Crippen molar-refractivity contribution in [3.8, 4) is 5.75 Å². The van der Waals surface area contributed by atoms with Crippen LogP contribution in [0.4, 0.5) is 0 Å². The fraction of sp³-hybridized carbons (Fsp3) is 0.214. The van der Waals surface area contributed by atoms with Crippen molar-refractivity contribution in [2.45, 2.75) is 6.92 Å². The second-order valence-electron chi connectivity index (χ2n) is 3.49. The van der Waals surface area contributed by atoms with E-state index >= 15 is 0 Å².